The molecule has 120 valence electrons. The highest BCUT2D eigenvalue weighted by Gasteiger charge is 2.40. The van der Waals surface area contributed by atoms with Crippen LogP contribution in [-0.4, -0.2) is 48.3 Å². The zero-order chi connectivity index (χ0) is 15.1. The van der Waals surface area contributed by atoms with E-state index in [1.165, 1.54) is 0 Å². The molecule has 2 rings (SSSR count). The minimum Gasteiger partial charge on any atom is -0.480 e. The molecule has 1 aliphatic heterocycles. The van der Waals surface area contributed by atoms with Crippen molar-refractivity contribution in [2.75, 3.05) is 19.7 Å². The van der Waals surface area contributed by atoms with Crippen LogP contribution in [0.3, 0.4) is 0 Å². The van der Waals surface area contributed by atoms with E-state index in [-0.39, 0.29) is 18.6 Å². The van der Waals surface area contributed by atoms with Gasteiger partial charge in [0.25, 0.3) is 0 Å². The van der Waals surface area contributed by atoms with Crippen molar-refractivity contribution in [3.05, 3.63) is 0 Å². The van der Waals surface area contributed by atoms with Crippen LogP contribution in [0.1, 0.15) is 51.4 Å². The van der Waals surface area contributed by atoms with Gasteiger partial charge in [-0.05, 0) is 38.8 Å². The predicted molar refractivity (Wildman–Crippen MR) is 78.1 cm³/mol. The normalized spacial score (nSPS) is 23.2. The summed E-state index contributed by atoms with van der Waals surface area (Å²) in [6.45, 7) is 1.77. The number of carbonyl (C=O) groups excluding carboxylic acids is 1. The Morgan fingerprint density at radius 1 is 1.14 bits per heavy atom. The summed E-state index contributed by atoms with van der Waals surface area (Å²) in [6.07, 6.45) is 6.71. The van der Waals surface area contributed by atoms with Gasteiger partial charge in [0.05, 0.1) is 6.10 Å². The van der Waals surface area contributed by atoms with Crippen molar-refractivity contribution in [3.8, 4) is 0 Å². The third kappa shape index (κ3) is 4.68. The molecule has 1 aliphatic carbocycles. The number of carboxylic acids is 1. The molecule has 0 aromatic carbocycles. The number of hydrogen-bond donors (Lipinski definition) is 3. The third-order valence-corrected chi connectivity index (χ3v) is 4.48. The molecule has 0 spiro atoms. The monoisotopic (exact) mass is 298 g/mol. The highest BCUT2D eigenvalue weighted by molar-refractivity contribution is 5.87. The molecule has 0 radical (unpaired) electrons. The molecule has 1 saturated carbocycles. The molecule has 6 nitrogen and oxygen atoms in total. The Labute approximate surface area is 125 Å². The molecule has 0 aromatic rings. The van der Waals surface area contributed by atoms with Crippen LogP contribution >= 0.6 is 0 Å². The summed E-state index contributed by atoms with van der Waals surface area (Å²) in [5.74, 6) is -1.22. The maximum absolute atomic E-state index is 12.1. The van der Waals surface area contributed by atoms with Crippen molar-refractivity contribution in [2.24, 2.45) is 0 Å². The van der Waals surface area contributed by atoms with E-state index in [9.17, 15) is 14.7 Å². The first-order valence-electron chi connectivity index (χ1n) is 7.99. The zero-order valence-electron chi connectivity index (χ0n) is 12.5. The number of rotatable bonds is 5. The molecule has 0 aromatic heterocycles. The Hall–Kier alpha value is -1.14. The molecule has 0 bridgehead atoms. The van der Waals surface area contributed by atoms with E-state index in [2.05, 4.69) is 10.6 Å². The first-order valence-corrected chi connectivity index (χ1v) is 7.99. The number of carboxylic acid groups (broad SMARTS) is 1. The minimum atomic E-state index is -1.09. The fraction of sp³-hybridized carbons (Fsp3) is 0.867. The average molecular weight is 298 g/mol. The SMILES string of the molecule is O=C(COC1CCNCC1)NC1(C(=O)O)CCCCCC1. The van der Waals surface area contributed by atoms with Crippen LogP contribution < -0.4 is 10.6 Å². The standard InChI is InChI=1S/C15H26N2O4/c18-13(11-21-12-5-9-16-10-6-12)17-15(14(19)20)7-3-1-2-4-8-15/h12,16H,1-11H2,(H,17,18)(H,19,20). The average Bonchev–Trinajstić information content (AvgIpc) is 2.73. The van der Waals surface area contributed by atoms with E-state index >= 15 is 0 Å². The molecule has 3 N–H and O–H groups in total. The van der Waals surface area contributed by atoms with Gasteiger partial charge in [-0.15, -0.1) is 0 Å². The highest BCUT2D eigenvalue weighted by atomic mass is 16.5. The van der Waals surface area contributed by atoms with Crippen molar-refractivity contribution < 1.29 is 19.4 Å². The molecule has 2 aliphatic rings. The third-order valence-electron chi connectivity index (χ3n) is 4.48. The Morgan fingerprint density at radius 3 is 2.33 bits per heavy atom. The maximum Gasteiger partial charge on any atom is 0.329 e. The van der Waals surface area contributed by atoms with Crippen LogP contribution in [0.15, 0.2) is 0 Å². The fourth-order valence-electron chi connectivity index (χ4n) is 3.18. The fourth-order valence-corrected chi connectivity index (χ4v) is 3.18. The summed E-state index contributed by atoms with van der Waals surface area (Å²) >= 11 is 0. The van der Waals surface area contributed by atoms with Gasteiger partial charge < -0.3 is 20.5 Å². The smallest absolute Gasteiger partial charge is 0.329 e. The maximum atomic E-state index is 12.1. The second kappa shape index (κ2) is 7.75. The first-order chi connectivity index (χ1) is 10.1. The predicted octanol–water partition coefficient (Wildman–Crippen LogP) is 1.05. The van der Waals surface area contributed by atoms with Crippen LogP contribution in [0.5, 0.6) is 0 Å². The number of hydrogen-bond acceptors (Lipinski definition) is 4. The molecular weight excluding hydrogens is 272 g/mol. The van der Waals surface area contributed by atoms with Crippen LogP contribution in [0, 0.1) is 0 Å². The van der Waals surface area contributed by atoms with E-state index in [0.29, 0.717) is 12.8 Å². The topological polar surface area (TPSA) is 87.7 Å². The molecule has 0 unspecified atom stereocenters. The van der Waals surface area contributed by atoms with Gasteiger partial charge in [0, 0.05) is 0 Å². The van der Waals surface area contributed by atoms with Crippen molar-refractivity contribution in [3.63, 3.8) is 0 Å². The van der Waals surface area contributed by atoms with E-state index in [1.807, 2.05) is 0 Å². The van der Waals surface area contributed by atoms with E-state index in [1.54, 1.807) is 0 Å². The summed E-state index contributed by atoms with van der Waals surface area (Å²) in [7, 11) is 0. The number of carbonyl (C=O) groups is 2. The second-order valence-corrected chi connectivity index (χ2v) is 6.11. The summed E-state index contributed by atoms with van der Waals surface area (Å²) in [5, 5.41) is 15.5. The Kier molecular flexibility index (Phi) is 5.99. The number of ether oxygens (including phenoxy) is 1. The van der Waals surface area contributed by atoms with Gasteiger partial charge in [0.2, 0.25) is 5.91 Å². The number of amides is 1. The Bertz CT molecular complexity index is 359. The molecular formula is C15H26N2O4. The molecule has 21 heavy (non-hydrogen) atoms. The molecule has 1 heterocycles. The zero-order valence-corrected chi connectivity index (χ0v) is 12.5. The summed E-state index contributed by atoms with van der Waals surface area (Å²) in [5.41, 5.74) is -1.09. The molecule has 1 saturated heterocycles. The summed E-state index contributed by atoms with van der Waals surface area (Å²) in [6, 6.07) is 0. The summed E-state index contributed by atoms with van der Waals surface area (Å²) in [4.78, 5) is 23.7. The molecule has 6 heteroatoms. The van der Waals surface area contributed by atoms with Crippen LogP contribution in [-0.2, 0) is 14.3 Å². The Balaban J connectivity index is 1.84. The number of nitrogens with one attached hydrogen (secondary N) is 2. The van der Waals surface area contributed by atoms with Crippen molar-refractivity contribution >= 4 is 11.9 Å². The largest absolute Gasteiger partial charge is 0.480 e. The molecule has 0 atom stereocenters. The number of aliphatic carboxylic acids is 1. The van der Waals surface area contributed by atoms with Gasteiger partial charge >= 0.3 is 5.97 Å². The Morgan fingerprint density at radius 2 is 1.76 bits per heavy atom. The van der Waals surface area contributed by atoms with E-state index in [0.717, 1.165) is 51.6 Å². The van der Waals surface area contributed by atoms with Crippen LogP contribution in [0.4, 0.5) is 0 Å². The van der Waals surface area contributed by atoms with E-state index in [4.69, 9.17) is 4.74 Å². The van der Waals surface area contributed by atoms with Gasteiger partial charge in [-0.1, -0.05) is 25.7 Å². The van der Waals surface area contributed by atoms with Gasteiger partial charge in [-0.2, -0.15) is 0 Å². The summed E-state index contributed by atoms with van der Waals surface area (Å²) < 4.78 is 5.60. The first kappa shape index (κ1) is 16.2. The molecule has 2 fully saturated rings. The lowest BCUT2D eigenvalue weighted by Gasteiger charge is -2.30. The lowest BCUT2D eigenvalue weighted by molar-refractivity contribution is -0.149. The van der Waals surface area contributed by atoms with Gasteiger partial charge in [0.1, 0.15) is 12.1 Å². The molecule has 1 amide bonds. The van der Waals surface area contributed by atoms with Crippen molar-refractivity contribution in [2.45, 2.75) is 63.0 Å². The van der Waals surface area contributed by atoms with E-state index < -0.39 is 11.5 Å². The van der Waals surface area contributed by atoms with Gasteiger partial charge in [0.15, 0.2) is 0 Å². The lowest BCUT2D eigenvalue weighted by atomic mass is 9.90. The van der Waals surface area contributed by atoms with Crippen molar-refractivity contribution in [1.29, 1.82) is 0 Å². The van der Waals surface area contributed by atoms with Gasteiger partial charge in [-0.25, -0.2) is 4.79 Å². The highest BCUT2D eigenvalue weighted by Crippen LogP contribution is 2.27. The van der Waals surface area contributed by atoms with Crippen molar-refractivity contribution in [1.82, 2.24) is 10.6 Å². The van der Waals surface area contributed by atoms with Gasteiger partial charge in [-0.3, -0.25) is 4.79 Å². The van der Waals surface area contributed by atoms with Crippen LogP contribution in [0.25, 0.3) is 0 Å². The lowest BCUT2D eigenvalue weighted by Crippen LogP contribution is -2.55. The van der Waals surface area contributed by atoms with Crippen LogP contribution in [0.2, 0.25) is 0 Å². The minimum absolute atomic E-state index is 0.0420. The second-order valence-electron chi connectivity index (χ2n) is 6.11. The number of piperidine rings is 1. The quantitative estimate of drug-likeness (QED) is 0.660.